The molecule has 4 nitrogen and oxygen atoms in total. The number of benzene rings is 1. The van der Waals surface area contributed by atoms with Crippen molar-refractivity contribution in [3.63, 3.8) is 0 Å². The molecule has 132 valence electrons. The van der Waals surface area contributed by atoms with Crippen LogP contribution >= 0.6 is 0 Å². The van der Waals surface area contributed by atoms with Gasteiger partial charge in [0, 0.05) is 25.6 Å². The van der Waals surface area contributed by atoms with Gasteiger partial charge in [-0.05, 0) is 50.8 Å². The summed E-state index contributed by atoms with van der Waals surface area (Å²) in [4.78, 5) is 16.1. The molecule has 0 aromatic heterocycles. The molecule has 2 aliphatic rings. The van der Waals surface area contributed by atoms with Crippen LogP contribution in [-0.4, -0.2) is 52.6 Å². The number of piperidine rings is 1. The van der Waals surface area contributed by atoms with Gasteiger partial charge in [-0.15, -0.1) is 0 Å². The molecule has 2 aliphatic heterocycles. The van der Waals surface area contributed by atoms with E-state index in [0.717, 1.165) is 44.5 Å². The largest absolute Gasteiger partial charge is 0.394 e. The minimum Gasteiger partial charge on any atom is -0.394 e. The van der Waals surface area contributed by atoms with Crippen LogP contribution < -0.4 is 0 Å². The Morgan fingerprint density at radius 2 is 1.96 bits per heavy atom. The zero-order valence-corrected chi connectivity index (χ0v) is 14.6. The van der Waals surface area contributed by atoms with Crippen molar-refractivity contribution >= 4 is 5.91 Å². The second-order valence-corrected chi connectivity index (χ2v) is 7.80. The Morgan fingerprint density at radius 1 is 1.29 bits per heavy atom. The molecule has 1 aromatic carbocycles. The van der Waals surface area contributed by atoms with Crippen LogP contribution in [-0.2, 0) is 11.3 Å². The molecule has 0 saturated carbocycles. The van der Waals surface area contributed by atoms with Crippen LogP contribution in [0.1, 0.15) is 38.7 Å². The Labute approximate surface area is 143 Å². The highest BCUT2D eigenvalue weighted by atomic mass is 19.1. The first-order chi connectivity index (χ1) is 11.4. The number of hydrogen-bond acceptors (Lipinski definition) is 3. The molecule has 0 aliphatic carbocycles. The zero-order chi connectivity index (χ0) is 17.4. The summed E-state index contributed by atoms with van der Waals surface area (Å²) in [5.41, 5.74) is 0.388. The van der Waals surface area contributed by atoms with Gasteiger partial charge in [0.1, 0.15) is 5.82 Å². The van der Waals surface area contributed by atoms with E-state index in [4.69, 9.17) is 0 Å². The second kappa shape index (κ2) is 6.45. The maximum atomic E-state index is 13.8. The van der Waals surface area contributed by atoms with Gasteiger partial charge in [0.15, 0.2) is 0 Å². The van der Waals surface area contributed by atoms with Gasteiger partial charge >= 0.3 is 0 Å². The van der Waals surface area contributed by atoms with Crippen molar-refractivity contribution < 1.29 is 14.3 Å². The maximum Gasteiger partial charge on any atom is 0.219 e. The first kappa shape index (κ1) is 17.4. The minimum atomic E-state index is -0.445. The third kappa shape index (κ3) is 3.20. The molecule has 1 N–H and O–H groups in total. The summed E-state index contributed by atoms with van der Waals surface area (Å²) in [6.45, 7) is 6.74. The predicted molar refractivity (Wildman–Crippen MR) is 90.8 cm³/mol. The van der Waals surface area contributed by atoms with Crippen LogP contribution in [0, 0.1) is 11.2 Å². The Hall–Kier alpha value is -1.46. The molecule has 1 atom stereocenters. The van der Waals surface area contributed by atoms with Crippen LogP contribution in [0.3, 0.4) is 0 Å². The van der Waals surface area contributed by atoms with Gasteiger partial charge in [0.2, 0.25) is 5.91 Å². The Balaban J connectivity index is 1.65. The molecule has 2 saturated heterocycles. The topological polar surface area (TPSA) is 43.8 Å². The van der Waals surface area contributed by atoms with E-state index in [2.05, 4.69) is 4.90 Å². The SMILES string of the molecule is CC(=O)N1CC2(CCN(Cc3ccccc3F)CC2)CC1(C)CO. The lowest BCUT2D eigenvalue weighted by Gasteiger charge is -2.39. The van der Waals surface area contributed by atoms with E-state index in [-0.39, 0.29) is 23.7 Å². The molecule has 0 radical (unpaired) electrons. The van der Waals surface area contributed by atoms with Crippen LogP contribution in [0.4, 0.5) is 4.39 Å². The van der Waals surface area contributed by atoms with E-state index in [1.54, 1.807) is 13.0 Å². The van der Waals surface area contributed by atoms with Crippen molar-refractivity contribution in [1.29, 1.82) is 0 Å². The van der Waals surface area contributed by atoms with Crippen LogP contribution in [0.5, 0.6) is 0 Å². The standard InChI is InChI=1S/C19H27FN2O2/c1-15(24)22-13-19(12-18(22,2)14-23)7-9-21(10-8-19)11-16-5-3-4-6-17(16)20/h3-6,23H,7-14H2,1-2H3. The smallest absolute Gasteiger partial charge is 0.219 e. The van der Waals surface area contributed by atoms with Gasteiger partial charge in [0.05, 0.1) is 12.1 Å². The summed E-state index contributed by atoms with van der Waals surface area (Å²) >= 11 is 0. The van der Waals surface area contributed by atoms with Gasteiger partial charge in [-0.25, -0.2) is 4.39 Å². The van der Waals surface area contributed by atoms with E-state index in [9.17, 15) is 14.3 Å². The number of hydrogen-bond donors (Lipinski definition) is 1. The molecule has 0 bridgehead atoms. The van der Waals surface area contributed by atoms with E-state index < -0.39 is 5.54 Å². The first-order valence-electron chi connectivity index (χ1n) is 8.72. The van der Waals surface area contributed by atoms with Crippen LogP contribution in [0.25, 0.3) is 0 Å². The number of amides is 1. The number of aliphatic hydroxyl groups is 1. The highest BCUT2D eigenvalue weighted by Crippen LogP contribution is 2.48. The third-order valence-corrected chi connectivity index (χ3v) is 5.89. The van der Waals surface area contributed by atoms with Crippen molar-refractivity contribution in [2.75, 3.05) is 26.2 Å². The molecule has 1 amide bonds. The molecular formula is C19H27FN2O2. The van der Waals surface area contributed by atoms with Crippen molar-refractivity contribution in [2.24, 2.45) is 5.41 Å². The lowest BCUT2D eigenvalue weighted by molar-refractivity contribution is -0.134. The summed E-state index contributed by atoms with van der Waals surface area (Å²) in [5, 5.41) is 9.79. The highest BCUT2D eigenvalue weighted by Gasteiger charge is 2.52. The average Bonchev–Trinajstić information content (AvgIpc) is 2.86. The molecule has 24 heavy (non-hydrogen) atoms. The highest BCUT2D eigenvalue weighted by molar-refractivity contribution is 5.74. The van der Waals surface area contributed by atoms with Crippen molar-refractivity contribution in [3.8, 4) is 0 Å². The molecule has 1 spiro atoms. The average molecular weight is 334 g/mol. The van der Waals surface area contributed by atoms with Crippen LogP contribution in [0.2, 0.25) is 0 Å². The number of halogens is 1. The normalized spacial score (nSPS) is 26.9. The van der Waals surface area contributed by atoms with Gasteiger partial charge in [-0.3, -0.25) is 9.69 Å². The van der Waals surface area contributed by atoms with Crippen molar-refractivity contribution in [3.05, 3.63) is 35.6 Å². The number of aliphatic hydroxyl groups excluding tert-OH is 1. The lowest BCUT2D eigenvalue weighted by Crippen LogP contribution is -2.46. The maximum absolute atomic E-state index is 13.8. The predicted octanol–water partition coefficient (Wildman–Crippen LogP) is 2.41. The molecule has 2 fully saturated rings. The van der Waals surface area contributed by atoms with E-state index in [0.29, 0.717) is 6.54 Å². The number of nitrogens with zero attached hydrogens (tertiary/aromatic N) is 2. The lowest BCUT2D eigenvalue weighted by atomic mass is 9.74. The summed E-state index contributed by atoms with van der Waals surface area (Å²) in [7, 11) is 0. The summed E-state index contributed by atoms with van der Waals surface area (Å²) in [5.74, 6) is -0.105. The van der Waals surface area contributed by atoms with E-state index in [1.807, 2.05) is 24.0 Å². The zero-order valence-electron chi connectivity index (χ0n) is 14.6. The van der Waals surface area contributed by atoms with Gasteiger partial charge in [0.25, 0.3) is 0 Å². The van der Waals surface area contributed by atoms with E-state index in [1.165, 1.54) is 6.07 Å². The minimum absolute atomic E-state index is 0.00721. The Kier molecular flexibility index (Phi) is 4.67. The molecule has 1 aromatic rings. The second-order valence-electron chi connectivity index (χ2n) is 7.80. The fourth-order valence-electron chi connectivity index (χ4n) is 4.51. The van der Waals surface area contributed by atoms with E-state index >= 15 is 0 Å². The number of likely N-dealkylation sites (tertiary alicyclic amines) is 2. The molecule has 1 unspecified atom stereocenters. The van der Waals surface area contributed by atoms with Crippen molar-refractivity contribution in [2.45, 2.75) is 45.2 Å². The fourth-order valence-corrected chi connectivity index (χ4v) is 4.51. The monoisotopic (exact) mass is 334 g/mol. The van der Waals surface area contributed by atoms with Gasteiger partial charge in [-0.1, -0.05) is 18.2 Å². The first-order valence-corrected chi connectivity index (χ1v) is 8.72. The molecule has 3 rings (SSSR count). The van der Waals surface area contributed by atoms with Gasteiger partial charge in [-0.2, -0.15) is 0 Å². The quantitative estimate of drug-likeness (QED) is 0.923. The van der Waals surface area contributed by atoms with Crippen molar-refractivity contribution in [1.82, 2.24) is 9.80 Å². The Morgan fingerprint density at radius 3 is 2.50 bits per heavy atom. The summed E-state index contributed by atoms with van der Waals surface area (Å²) in [6, 6.07) is 6.94. The number of carbonyl (C=O) groups excluding carboxylic acids is 1. The summed E-state index contributed by atoms with van der Waals surface area (Å²) < 4.78 is 13.8. The summed E-state index contributed by atoms with van der Waals surface area (Å²) in [6.07, 6.45) is 2.82. The molecular weight excluding hydrogens is 307 g/mol. The fraction of sp³-hybridized carbons (Fsp3) is 0.632. The number of carbonyl (C=O) groups is 1. The third-order valence-electron chi connectivity index (χ3n) is 5.89. The number of rotatable bonds is 3. The van der Waals surface area contributed by atoms with Crippen LogP contribution in [0.15, 0.2) is 24.3 Å². The van der Waals surface area contributed by atoms with Gasteiger partial charge < -0.3 is 10.0 Å². The molecule has 5 heteroatoms. The Bertz CT molecular complexity index is 613. The molecule has 2 heterocycles.